The predicted octanol–water partition coefficient (Wildman–Crippen LogP) is 2.97. The number of H-pyrrole nitrogens is 1. The first-order valence-electron chi connectivity index (χ1n) is 6.97. The SMILES string of the molecule is O=C1Nc2ccccc2/C1=C/c1c2cccccc-2[nH]c1=O. The highest BCUT2D eigenvalue weighted by atomic mass is 16.2. The molecule has 1 amide bonds. The Hall–Kier alpha value is -3.14. The third kappa shape index (κ3) is 1.85. The number of aromatic nitrogens is 1. The lowest BCUT2D eigenvalue weighted by Crippen LogP contribution is -2.05. The fraction of sp³-hybridized carbons (Fsp3) is 0. The first-order valence-corrected chi connectivity index (χ1v) is 6.97. The van der Waals surface area contributed by atoms with Gasteiger partial charge in [-0.15, -0.1) is 0 Å². The largest absolute Gasteiger partial charge is 0.321 e. The Morgan fingerprint density at radius 1 is 0.818 bits per heavy atom. The summed E-state index contributed by atoms with van der Waals surface area (Å²) in [5.41, 5.74) is 3.99. The third-order valence-corrected chi connectivity index (χ3v) is 3.82. The van der Waals surface area contributed by atoms with Crippen molar-refractivity contribution >= 4 is 23.2 Å². The van der Waals surface area contributed by atoms with Crippen molar-refractivity contribution in [3.63, 3.8) is 0 Å². The summed E-state index contributed by atoms with van der Waals surface area (Å²) in [5, 5.41) is 2.81. The molecule has 22 heavy (non-hydrogen) atoms. The van der Waals surface area contributed by atoms with E-state index in [0.717, 1.165) is 22.5 Å². The second kappa shape index (κ2) is 4.70. The highest BCUT2D eigenvalue weighted by molar-refractivity contribution is 6.35. The van der Waals surface area contributed by atoms with Crippen LogP contribution in [0.1, 0.15) is 11.1 Å². The Balaban J connectivity index is 1.94. The Morgan fingerprint density at radius 2 is 1.55 bits per heavy atom. The van der Waals surface area contributed by atoms with Crippen LogP contribution in [-0.2, 0) is 4.79 Å². The van der Waals surface area contributed by atoms with E-state index in [2.05, 4.69) is 10.3 Å². The lowest BCUT2D eigenvalue weighted by Gasteiger charge is -1.97. The zero-order valence-electron chi connectivity index (χ0n) is 11.6. The first kappa shape index (κ1) is 12.6. The van der Waals surface area contributed by atoms with Gasteiger partial charge in [-0.2, -0.15) is 0 Å². The van der Waals surface area contributed by atoms with Gasteiger partial charge in [0.15, 0.2) is 0 Å². The zero-order valence-corrected chi connectivity index (χ0v) is 11.6. The van der Waals surface area contributed by atoms with E-state index < -0.39 is 0 Å². The topological polar surface area (TPSA) is 62.0 Å². The van der Waals surface area contributed by atoms with E-state index in [1.165, 1.54) is 0 Å². The number of rotatable bonds is 1. The van der Waals surface area contributed by atoms with Crippen LogP contribution >= 0.6 is 0 Å². The molecular formula is C18H12N2O2. The number of benzene rings is 1. The van der Waals surface area contributed by atoms with Crippen LogP contribution in [0, 0.1) is 0 Å². The molecule has 0 fully saturated rings. The molecule has 2 heterocycles. The second-order valence-corrected chi connectivity index (χ2v) is 5.16. The van der Waals surface area contributed by atoms with E-state index in [4.69, 9.17) is 0 Å². The minimum Gasteiger partial charge on any atom is -0.321 e. The molecule has 4 nitrogen and oxygen atoms in total. The monoisotopic (exact) mass is 288 g/mol. The van der Waals surface area contributed by atoms with E-state index in [1.807, 2.05) is 54.6 Å². The lowest BCUT2D eigenvalue weighted by atomic mass is 10.0. The van der Waals surface area contributed by atoms with Gasteiger partial charge in [0.2, 0.25) is 0 Å². The summed E-state index contributed by atoms with van der Waals surface area (Å²) in [7, 11) is 0. The highest BCUT2D eigenvalue weighted by Crippen LogP contribution is 2.33. The number of para-hydroxylation sites is 1. The first-order chi connectivity index (χ1) is 10.7. The average molecular weight is 288 g/mol. The Bertz CT molecular complexity index is 953. The molecule has 0 unspecified atom stereocenters. The molecule has 4 heteroatoms. The van der Waals surface area contributed by atoms with Crippen molar-refractivity contribution in [2.45, 2.75) is 0 Å². The summed E-state index contributed by atoms with van der Waals surface area (Å²) in [6, 6.07) is 16.8. The summed E-state index contributed by atoms with van der Waals surface area (Å²) >= 11 is 0. The number of carbonyl (C=O) groups excluding carboxylic acids is 1. The molecule has 106 valence electrons. The van der Waals surface area contributed by atoms with Crippen LogP contribution < -0.4 is 10.9 Å². The number of carbonyl (C=O) groups is 1. The molecule has 2 N–H and O–H groups in total. The normalized spacial score (nSPS) is 15.1. The summed E-state index contributed by atoms with van der Waals surface area (Å²) in [6.45, 7) is 0. The van der Waals surface area contributed by atoms with Crippen molar-refractivity contribution in [1.29, 1.82) is 0 Å². The quantitative estimate of drug-likeness (QED) is 0.676. The molecule has 1 aromatic carbocycles. The van der Waals surface area contributed by atoms with Crippen LogP contribution in [0.15, 0.2) is 59.4 Å². The summed E-state index contributed by atoms with van der Waals surface area (Å²) in [5.74, 6) is -0.185. The molecule has 0 atom stereocenters. The van der Waals surface area contributed by atoms with Gasteiger partial charge in [0.25, 0.3) is 11.5 Å². The van der Waals surface area contributed by atoms with Gasteiger partial charge >= 0.3 is 0 Å². The Kier molecular flexibility index (Phi) is 2.69. The fourth-order valence-electron chi connectivity index (χ4n) is 2.77. The predicted molar refractivity (Wildman–Crippen MR) is 86.6 cm³/mol. The number of hydrogen-bond acceptors (Lipinski definition) is 2. The molecule has 0 saturated heterocycles. The standard InChI is InChI=1S/C18H12N2O2/c21-17-13(11-6-2-1-3-8-15(11)19-17)10-14-12-7-4-5-9-16(12)20-18(14)22/h1-10H,(H,19,21)(H,20,22)/b14-10-. The van der Waals surface area contributed by atoms with Crippen molar-refractivity contribution in [3.8, 4) is 11.3 Å². The van der Waals surface area contributed by atoms with E-state index in [1.54, 1.807) is 6.08 Å². The molecule has 0 bridgehead atoms. The minimum atomic E-state index is -0.189. The maximum absolute atomic E-state index is 12.2. The van der Waals surface area contributed by atoms with Crippen LogP contribution in [0.25, 0.3) is 22.9 Å². The summed E-state index contributed by atoms with van der Waals surface area (Å²) in [6.07, 6.45) is 1.67. The molecule has 1 aromatic rings. The van der Waals surface area contributed by atoms with Crippen LogP contribution in [0.5, 0.6) is 0 Å². The van der Waals surface area contributed by atoms with Crippen molar-refractivity contribution in [2.24, 2.45) is 0 Å². The molecule has 1 aliphatic carbocycles. The third-order valence-electron chi connectivity index (χ3n) is 3.82. The van der Waals surface area contributed by atoms with Gasteiger partial charge in [0, 0.05) is 33.6 Å². The molecule has 0 spiro atoms. The van der Waals surface area contributed by atoms with Gasteiger partial charge < -0.3 is 10.3 Å². The molecule has 2 aliphatic heterocycles. The maximum Gasteiger partial charge on any atom is 0.256 e. The number of nitrogens with one attached hydrogen (secondary N) is 2. The van der Waals surface area contributed by atoms with Crippen molar-refractivity contribution in [3.05, 3.63) is 76.1 Å². The van der Waals surface area contributed by atoms with Crippen molar-refractivity contribution in [1.82, 2.24) is 4.98 Å². The van der Waals surface area contributed by atoms with Crippen LogP contribution in [0.3, 0.4) is 0 Å². The van der Waals surface area contributed by atoms with Gasteiger partial charge in [0.05, 0.1) is 0 Å². The highest BCUT2D eigenvalue weighted by Gasteiger charge is 2.24. The van der Waals surface area contributed by atoms with Crippen LogP contribution in [0.2, 0.25) is 0 Å². The zero-order chi connectivity index (χ0) is 15.1. The van der Waals surface area contributed by atoms with Gasteiger partial charge in [0.1, 0.15) is 0 Å². The number of fused-ring (bicyclic) bond motifs is 2. The van der Waals surface area contributed by atoms with Gasteiger partial charge in [-0.3, -0.25) is 9.59 Å². The summed E-state index contributed by atoms with van der Waals surface area (Å²) in [4.78, 5) is 27.2. The smallest absolute Gasteiger partial charge is 0.256 e. The minimum absolute atomic E-state index is 0.185. The molecule has 0 aromatic heterocycles. The average Bonchev–Trinajstić information content (AvgIpc) is 2.86. The van der Waals surface area contributed by atoms with E-state index in [9.17, 15) is 9.59 Å². The van der Waals surface area contributed by atoms with E-state index in [-0.39, 0.29) is 11.5 Å². The molecule has 3 aliphatic rings. The second-order valence-electron chi connectivity index (χ2n) is 5.16. The molecule has 4 rings (SSSR count). The Morgan fingerprint density at radius 3 is 2.45 bits per heavy atom. The number of aromatic amines is 1. The number of anilines is 1. The fourth-order valence-corrected chi connectivity index (χ4v) is 2.77. The maximum atomic E-state index is 12.2. The number of amides is 1. The summed E-state index contributed by atoms with van der Waals surface area (Å²) < 4.78 is 0. The van der Waals surface area contributed by atoms with Crippen molar-refractivity contribution < 1.29 is 4.79 Å². The van der Waals surface area contributed by atoms with E-state index in [0.29, 0.717) is 11.1 Å². The lowest BCUT2D eigenvalue weighted by molar-refractivity contribution is -0.110. The van der Waals surface area contributed by atoms with E-state index >= 15 is 0 Å². The molecule has 0 radical (unpaired) electrons. The van der Waals surface area contributed by atoms with Gasteiger partial charge in [-0.05, 0) is 18.2 Å². The van der Waals surface area contributed by atoms with Crippen molar-refractivity contribution in [2.75, 3.05) is 5.32 Å². The molecular weight excluding hydrogens is 276 g/mol. The van der Waals surface area contributed by atoms with Crippen LogP contribution in [0.4, 0.5) is 5.69 Å². The van der Waals surface area contributed by atoms with Crippen LogP contribution in [-0.4, -0.2) is 10.9 Å². The van der Waals surface area contributed by atoms with Gasteiger partial charge in [-0.1, -0.05) is 42.5 Å². The number of hydrogen-bond donors (Lipinski definition) is 2. The molecule has 0 saturated carbocycles. The Labute approximate surface area is 126 Å². The van der Waals surface area contributed by atoms with Gasteiger partial charge in [-0.25, -0.2) is 0 Å².